The van der Waals surface area contributed by atoms with Crippen molar-refractivity contribution in [3.05, 3.63) is 0 Å². The van der Waals surface area contributed by atoms with E-state index in [4.69, 9.17) is 0 Å². The number of Topliss-reactive ketones (excluding diaryl/α,β-unsaturated/α-hetero) is 2. The lowest BCUT2D eigenvalue weighted by atomic mass is 9.94. The molecule has 0 aromatic carbocycles. The van der Waals surface area contributed by atoms with Crippen LogP contribution < -0.4 is 0 Å². The summed E-state index contributed by atoms with van der Waals surface area (Å²) < 4.78 is 0.187. The molecule has 5 nitrogen and oxygen atoms in total. The van der Waals surface area contributed by atoms with Crippen molar-refractivity contribution in [1.82, 2.24) is 0 Å². The van der Waals surface area contributed by atoms with Gasteiger partial charge in [0.2, 0.25) is 0 Å². The Hall–Kier alpha value is -1.07. The number of hydrogen-bond donors (Lipinski definition) is 1. The van der Waals surface area contributed by atoms with Crippen molar-refractivity contribution in [2.75, 3.05) is 20.2 Å². The molecule has 174 valence electrons. The molecule has 5 heteroatoms. The predicted molar refractivity (Wildman–Crippen MR) is 121 cm³/mol. The molecule has 1 aliphatic rings. The zero-order valence-electron chi connectivity index (χ0n) is 19.8. The van der Waals surface area contributed by atoms with Crippen molar-refractivity contribution in [2.24, 2.45) is 5.92 Å². The molecule has 0 aromatic heterocycles. The third-order valence-electron chi connectivity index (χ3n) is 6.97. The van der Waals surface area contributed by atoms with Crippen LogP contribution in [-0.2, 0) is 14.4 Å². The Labute approximate surface area is 184 Å². The van der Waals surface area contributed by atoms with E-state index in [1.54, 1.807) is 0 Å². The molecule has 1 fully saturated rings. The van der Waals surface area contributed by atoms with Crippen molar-refractivity contribution in [3.8, 4) is 0 Å². The first-order valence-electron chi connectivity index (χ1n) is 12.4. The fourth-order valence-corrected chi connectivity index (χ4v) is 4.74. The first kappa shape index (κ1) is 27.0. The van der Waals surface area contributed by atoms with Crippen LogP contribution in [0.15, 0.2) is 0 Å². The number of quaternary nitrogens is 1. The number of amides is 1. The molecule has 1 N–H and O–H groups in total. The van der Waals surface area contributed by atoms with E-state index in [9.17, 15) is 19.5 Å². The Morgan fingerprint density at radius 3 is 1.97 bits per heavy atom. The second kappa shape index (κ2) is 14.9. The number of ketones is 2. The van der Waals surface area contributed by atoms with Crippen molar-refractivity contribution >= 4 is 17.5 Å². The highest BCUT2D eigenvalue weighted by Crippen LogP contribution is 2.29. The normalized spacial score (nSPS) is 22.2. The smallest absolute Gasteiger partial charge is 0.314 e. The first-order valence-corrected chi connectivity index (χ1v) is 12.4. The number of aliphatic hydroxyl groups is 1. The Balaban J connectivity index is 2.29. The topological polar surface area (TPSA) is 71.4 Å². The molecule has 3 atom stereocenters. The van der Waals surface area contributed by atoms with Gasteiger partial charge in [0.25, 0.3) is 0 Å². The molecule has 30 heavy (non-hydrogen) atoms. The molecule has 0 bridgehead atoms. The number of likely N-dealkylation sites (tertiary alicyclic amines) is 1. The lowest BCUT2D eigenvalue weighted by Crippen LogP contribution is -2.56. The standard InChI is InChI=1S/C25H46NO4/c1-4-5-6-7-8-9-10-11-12-13-14-17-25(30)26(3)18-15-16-23(26)24(29)19-22(20-27)21(2)28/h22-23,27H,4-20H2,1-3H3/q+1/t22-,23-,26?/m0/s1. The van der Waals surface area contributed by atoms with Crippen LogP contribution in [0.4, 0.5) is 0 Å². The highest BCUT2D eigenvalue weighted by Gasteiger charge is 2.47. The predicted octanol–water partition coefficient (Wildman–Crippen LogP) is 4.98. The maximum atomic E-state index is 12.9. The first-order chi connectivity index (χ1) is 14.4. The highest BCUT2D eigenvalue weighted by atomic mass is 16.3. The summed E-state index contributed by atoms with van der Waals surface area (Å²) in [6.45, 7) is 4.06. The molecule has 0 aliphatic carbocycles. The molecule has 1 unspecified atom stereocenters. The molecule has 0 aromatic rings. The SMILES string of the molecule is CCCCCCCCCCCCCC(=O)[N+]1(C)CCC[C@H]1C(=O)C[C@@H](CO)C(C)=O. The van der Waals surface area contributed by atoms with E-state index in [0.29, 0.717) is 19.4 Å². The quantitative estimate of drug-likeness (QED) is 0.264. The van der Waals surface area contributed by atoms with Crippen molar-refractivity contribution in [2.45, 2.75) is 116 Å². The number of carbonyl (C=O) groups is 3. The average Bonchev–Trinajstić information content (AvgIpc) is 3.12. The van der Waals surface area contributed by atoms with Gasteiger partial charge in [0.05, 0.1) is 26.6 Å². The Bertz CT molecular complexity index is 533. The van der Waals surface area contributed by atoms with Gasteiger partial charge in [-0.05, 0) is 13.3 Å². The number of likely N-dealkylation sites (N-methyl/N-ethyl adjacent to an activating group) is 1. The summed E-state index contributed by atoms with van der Waals surface area (Å²) in [6, 6.07) is -0.349. The van der Waals surface area contributed by atoms with Gasteiger partial charge in [0.15, 0.2) is 11.8 Å². The van der Waals surface area contributed by atoms with Crippen molar-refractivity contribution in [1.29, 1.82) is 0 Å². The second-order valence-corrected chi connectivity index (χ2v) is 9.49. The molecule has 0 spiro atoms. The largest absolute Gasteiger partial charge is 0.396 e. The van der Waals surface area contributed by atoms with E-state index in [-0.39, 0.29) is 41.0 Å². The minimum atomic E-state index is -0.631. The van der Waals surface area contributed by atoms with Crippen LogP contribution in [0.2, 0.25) is 0 Å². The monoisotopic (exact) mass is 424 g/mol. The number of aliphatic hydroxyl groups excluding tert-OH is 1. The van der Waals surface area contributed by atoms with Crippen molar-refractivity contribution in [3.63, 3.8) is 0 Å². The fourth-order valence-electron chi connectivity index (χ4n) is 4.74. The van der Waals surface area contributed by atoms with Gasteiger partial charge < -0.3 is 5.11 Å². The summed E-state index contributed by atoms with van der Waals surface area (Å²) in [5.74, 6) is -0.680. The molecular weight excluding hydrogens is 378 g/mol. The minimum absolute atomic E-state index is 0.0449. The number of carbonyl (C=O) groups excluding carboxylic acids is 3. The maximum Gasteiger partial charge on any atom is 0.314 e. The Kier molecular flexibility index (Phi) is 13.3. The number of nitrogens with zero attached hydrogens (tertiary/aromatic N) is 1. The van der Waals surface area contributed by atoms with Crippen LogP contribution in [0.3, 0.4) is 0 Å². The van der Waals surface area contributed by atoms with Crippen LogP contribution in [0.25, 0.3) is 0 Å². The van der Waals surface area contributed by atoms with Gasteiger partial charge >= 0.3 is 5.91 Å². The zero-order valence-corrected chi connectivity index (χ0v) is 19.8. The van der Waals surface area contributed by atoms with Gasteiger partial charge in [-0.1, -0.05) is 71.1 Å². The maximum absolute atomic E-state index is 12.9. The average molecular weight is 425 g/mol. The number of hydrogen-bond acceptors (Lipinski definition) is 4. The summed E-state index contributed by atoms with van der Waals surface area (Å²) in [7, 11) is 1.89. The van der Waals surface area contributed by atoms with Gasteiger partial charge in [-0.3, -0.25) is 14.1 Å². The van der Waals surface area contributed by atoms with Gasteiger partial charge in [-0.15, -0.1) is 0 Å². The Morgan fingerprint density at radius 1 is 0.933 bits per heavy atom. The molecule has 1 rings (SSSR count). The van der Waals surface area contributed by atoms with Crippen LogP contribution in [0.1, 0.15) is 110 Å². The van der Waals surface area contributed by atoms with E-state index >= 15 is 0 Å². The highest BCUT2D eigenvalue weighted by molar-refractivity contribution is 5.90. The van der Waals surface area contributed by atoms with Crippen LogP contribution in [0, 0.1) is 5.92 Å². The molecule has 1 saturated heterocycles. The zero-order chi connectivity index (χ0) is 22.4. The summed E-state index contributed by atoms with van der Waals surface area (Å²) in [6.07, 6.45) is 15.9. The van der Waals surface area contributed by atoms with Crippen LogP contribution in [-0.4, -0.2) is 53.3 Å². The van der Waals surface area contributed by atoms with Crippen molar-refractivity contribution < 1.29 is 24.0 Å². The summed E-state index contributed by atoms with van der Waals surface area (Å²) in [5.41, 5.74) is 0. The van der Waals surface area contributed by atoms with E-state index < -0.39 is 5.92 Å². The summed E-state index contributed by atoms with van der Waals surface area (Å²) in [5, 5.41) is 9.35. The molecule has 0 radical (unpaired) electrons. The molecule has 1 amide bonds. The summed E-state index contributed by atoms with van der Waals surface area (Å²) >= 11 is 0. The Morgan fingerprint density at radius 2 is 1.47 bits per heavy atom. The van der Waals surface area contributed by atoms with E-state index in [0.717, 1.165) is 19.3 Å². The molecule has 1 aliphatic heterocycles. The summed E-state index contributed by atoms with van der Waals surface area (Å²) in [4.78, 5) is 37.3. The number of unbranched alkanes of at least 4 members (excludes halogenated alkanes) is 10. The van der Waals surface area contributed by atoms with Crippen LogP contribution >= 0.6 is 0 Å². The van der Waals surface area contributed by atoms with E-state index in [1.807, 2.05) is 7.05 Å². The third-order valence-corrected chi connectivity index (χ3v) is 6.97. The third kappa shape index (κ3) is 8.97. The lowest BCUT2D eigenvalue weighted by Gasteiger charge is -2.33. The van der Waals surface area contributed by atoms with E-state index in [2.05, 4.69) is 6.92 Å². The molecule has 1 heterocycles. The fraction of sp³-hybridized carbons (Fsp3) is 0.880. The number of rotatable bonds is 17. The molecule has 0 saturated carbocycles. The van der Waals surface area contributed by atoms with Gasteiger partial charge in [0, 0.05) is 25.2 Å². The van der Waals surface area contributed by atoms with Gasteiger partial charge in [-0.25, -0.2) is 4.79 Å². The second-order valence-electron chi connectivity index (χ2n) is 9.49. The van der Waals surface area contributed by atoms with E-state index in [1.165, 1.54) is 64.7 Å². The van der Waals surface area contributed by atoms with Crippen LogP contribution in [0.5, 0.6) is 0 Å². The lowest BCUT2D eigenvalue weighted by molar-refractivity contribution is -0.837. The van der Waals surface area contributed by atoms with Gasteiger partial charge in [-0.2, -0.15) is 0 Å². The minimum Gasteiger partial charge on any atom is -0.396 e. The van der Waals surface area contributed by atoms with Gasteiger partial charge in [0.1, 0.15) is 5.78 Å². The molecular formula is C25H46NO4+.